The molecule has 18 heavy (non-hydrogen) atoms. The van der Waals surface area contributed by atoms with E-state index in [-0.39, 0.29) is 11.4 Å². The molecule has 1 aromatic rings. The number of aliphatic carboxylic acids is 1. The fourth-order valence-electron chi connectivity index (χ4n) is 1.46. The highest BCUT2D eigenvalue weighted by Crippen LogP contribution is 2.12. The number of nitrogens with zero attached hydrogens (tertiary/aromatic N) is 1. The number of hydrogen-bond donors (Lipinski definition) is 3. The Morgan fingerprint density at radius 3 is 2.78 bits per heavy atom. The van der Waals surface area contributed by atoms with Crippen molar-refractivity contribution in [2.75, 3.05) is 0 Å². The summed E-state index contributed by atoms with van der Waals surface area (Å²) in [5, 5.41) is 20.8. The minimum atomic E-state index is -1.09. The maximum Gasteiger partial charge on any atom is 0.326 e. The monoisotopic (exact) mass is 252 g/mol. The Hall–Kier alpha value is -2.11. The van der Waals surface area contributed by atoms with Crippen LogP contribution in [0.15, 0.2) is 18.3 Å². The van der Waals surface area contributed by atoms with E-state index in [0.29, 0.717) is 12.8 Å². The molecular weight excluding hydrogens is 236 g/mol. The Morgan fingerprint density at radius 2 is 2.22 bits per heavy atom. The van der Waals surface area contributed by atoms with Crippen LogP contribution < -0.4 is 5.32 Å². The van der Waals surface area contributed by atoms with Gasteiger partial charge in [-0.2, -0.15) is 0 Å². The van der Waals surface area contributed by atoms with Gasteiger partial charge in [0.15, 0.2) is 5.69 Å². The third kappa shape index (κ3) is 3.73. The van der Waals surface area contributed by atoms with Crippen LogP contribution in [0, 0.1) is 0 Å². The molecule has 1 unspecified atom stereocenters. The van der Waals surface area contributed by atoms with E-state index in [4.69, 9.17) is 5.11 Å². The van der Waals surface area contributed by atoms with Gasteiger partial charge in [-0.3, -0.25) is 4.79 Å². The molecule has 0 aliphatic heterocycles. The van der Waals surface area contributed by atoms with Crippen molar-refractivity contribution < 1.29 is 19.8 Å². The normalized spacial score (nSPS) is 11.8. The standard InChI is InChI=1S/C12H16N2O4/c1-2-3-5-8(12(17)18)14-11(16)10-9(15)6-4-7-13-10/h4,6-8,15H,2-3,5H2,1H3,(H,14,16)(H,17,18). The summed E-state index contributed by atoms with van der Waals surface area (Å²) in [5.41, 5.74) is -0.166. The molecule has 6 heteroatoms. The van der Waals surface area contributed by atoms with Gasteiger partial charge in [0, 0.05) is 6.20 Å². The molecular formula is C12H16N2O4. The Morgan fingerprint density at radius 1 is 1.50 bits per heavy atom. The first-order chi connectivity index (χ1) is 8.56. The van der Waals surface area contributed by atoms with Crippen LogP contribution in [-0.4, -0.2) is 33.1 Å². The van der Waals surface area contributed by atoms with Gasteiger partial charge in [-0.15, -0.1) is 0 Å². The van der Waals surface area contributed by atoms with Crippen LogP contribution in [0.4, 0.5) is 0 Å². The third-order valence-corrected chi connectivity index (χ3v) is 2.45. The first kappa shape index (κ1) is 14.0. The van der Waals surface area contributed by atoms with E-state index in [1.165, 1.54) is 18.3 Å². The minimum Gasteiger partial charge on any atom is -0.505 e. The van der Waals surface area contributed by atoms with Crippen molar-refractivity contribution in [1.82, 2.24) is 10.3 Å². The van der Waals surface area contributed by atoms with Crippen LogP contribution in [0.2, 0.25) is 0 Å². The summed E-state index contributed by atoms with van der Waals surface area (Å²) >= 11 is 0. The van der Waals surface area contributed by atoms with Crippen LogP contribution in [0.3, 0.4) is 0 Å². The van der Waals surface area contributed by atoms with Gasteiger partial charge in [-0.1, -0.05) is 19.8 Å². The Balaban J connectivity index is 2.72. The van der Waals surface area contributed by atoms with Gasteiger partial charge in [0.05, 0.1) is 0 Å². The van der Waals surface area contributed by atoms with Crippen LogP contribution in [0.25, 0.3) is 0 Å². The topological polar surface area (TPSA) is 99.5 Å². The SMILES string of the molecule is CCCCC(NC(=O)c1ncccc1O)C(=O)O. The van der Waals surface area contributed by atoms with Crippen molar-refractivity contribution in [2.24, 2.45) is 0 Å². The lowest BCUT2D eigenvalue weighted by Crippen LogP contribution is -2.41. The predicted molar refractivity (Wildman–Crippen MR) is 64.3 cm³/mol. The molecule has 0 bridgehead atoms. The van der Waals surface area contributed by atoms with Crippen molar-refractivity contribution in [3.63, 3.8) is 0 Å². The summed E-state index contributed by atoms with van der Waals surface area (Å²) in [7, 11) is 0. The lowest BCUT2D eigenvalue weighted by atomic mass is 10.1. The number of pyridine rings is 1. The molecule has 1 rings (SSSR count). The minimum absolute atomic E-state index is 0.166. The molecule has 6 nitrogen and oxygen atoms in total. The highest BCUT2D eigenvalue weighted by Gasteiger charge is 2.22. The number of hydrogen-bond acceptors (Lipinski definition) is 4. The zero-order valence-corrected chi connectivity index (χ0v) is 10.1. The van der Waals surface area contributed by atoms with Crippen molar-refractivity contribution in [3.05, 3.63) is 24.0 Å². The molecule has 1 heterocycles. The maximum absolute atomic E-state index is 11.7. The number of carboxylic acids is 1. The summed E-state index contributed by atoms with van der Waals surface area (Å²) in [6.45, 7) is 1.94. The average Bonchev–Trinajstić information content (AvgIpc) is 2.34. The molecule has 0 radical (unpaired) electrons. The number of carboxylic acid groups (broad SMARTS) is 1. The van der Waals surface area contributed by atoms with E-state index < -0.39 is 17.9 Å². The molecule has 1 amide bonds. The molecule has 1 aromatic heterocycles. The number of carbonyl (C=O) groups is 2. The van der Waals surface area contributed by atoms with Gasteiger partial charge in [-0.25, -0.2) is 9.78 Å². The van der Waals surface area contributed by atoms with Gasteiger partial charge >= 0.3 is 5.97 Å². The summed E-state index contributed by atoms with van der Waals surface area (Å²) in [5.74, 6) is -2.04. The highest BCUT2D eigenvalue weighted by atomic mass is 16.4. The Kier molecular flexibility index (Phi) is 5.10. The number of amides is 1. The Bertz CT molecular complexity index is 434. The molecule has 0 saturated heterocycles. The van der Waals surface area contributed by atoms with Gasteiger partial charge in [0.1, 0.15) is 11.8 Å². The van der Waals surface area contributed by atoms with Gasteiger partial charge < -0.3 is 15.5 Å². The van der Waals surface area contributed by atoms with E-state index in [9.17, 15) is 14.7 Å². The number of aromatic hydroxyl groups is 1. The van der Waals surface area contributed by atoms with E-state index in [2.05, 4.69) is 10.3 Å². The molecule has 0 fully saturated rings. The fourth-order valence-corrected chi connectivity index (χ4v) is 1.46. The second-order valence-electron chi connectivity index (χ2n) is 3.88. The van der Waals surface area contributed by atoms with E-state index in [1.54, 1.807) is 0 Å². The number of rotatable bonds is 6. The summed E-state index contributed by atoms with van der Waals surface area (Å²) in [6.07, 6.45) is 3.25. The lowest BCUT2D eigenvalue weighted by molar-refractivity contribution is -0.139. The largest absolute Gasteiger partial charge is 0.505 e. The molecule has 0 aliphatic rings. The zero-order chi connectivity index (χ0) is 13.5. The summed E-state index contributed by atoms with van der Waals surface area (Å²) < 4.78 is 0. The molecule has 0 aromatic carbocycles. The van der Waals surface area contributed by atoms with E-state index in [0.717, 1.165) is 6.42 Å². The van der Waals surface area contributed by atoms with Crippen molar-refractivity contribution in [2.45, 2.75) is 32.2 Å². The second-order valence-corrected chi connectivity index (χ2v) is 3.88. The Labute approximate surface area is 105 Å². The number of nitrogens with one attached hydrogen (secondary N) is 1. The van der Waals surface area contributed by atoms with Crippen molar-refractivity contribution >= 4 is 11.9 Å². The highest BCUT2D eigenvalue weighted by molar-refractivity contribution is 5.96. The van der Waals surface area contributed by atoms with Crippen molar-refractivity contribution in [3.8, 4) is 5.75 Å². The quantitative estimate of drug-likeness (QED) is 0.705. The second kappa shape index (κ2) is 6.58. The number of carbonyl (C=O) groups excluding carboxylic acids is 1. The molecule has 3 N–H and O–H groups in total. The average molecular weight is 252 g/mol. The molecule has 1 atom stereocenters. The molecule has 0 saturated carbocycles. The molecule has 0 aliphatic carbocycles. The first-order valence-corrected chi connectivity index (χ1v) is 5.74. The van der Waals surface area contributed by atoms with Gasteiger partial charge in [-0.05, 0) is 18.6 Å². The van der Waals surface area contributed by atoms with Crippen LogP contribution in [0.1, 0.15) is 36.7 Å². The molecule has 0 spiro atoms. The fraction of sp³-hybridized carbons (Fsp3) is 0.417. The van der Waals surface area contributed by atoms with Gasteiger partial charge in [0.25, 0.3) is 5.91 Å². The number of aromatic nitrogens is 1. The third-order valence-electron chi connectivity index (χ3n) is 2.45. The summed E-state index contributed by atoms with van der Waals surface area (Å²) in [4.78, 5) is 26.4. The molecule has 98 valence electrons. The van der Waals surface area contributed by atoms with Gasteiger partial charge in [0.2, 0.25) is 0 Å². The summed E-state index contributed by atoms with van der Waals surface area (Å²) in [6, 6.07) is 1.85. The zero-order valence-electron chi connectivity index (χ0n) is 10.1. The van der Waals surface area contributed by atoms with Crippen LogP contribution in [0.5, 0.6) is 5.75 Å². The maximum atomic E-state index is 11.7. The lowest BCUT2D eigenvalue weighted by Gasteiger charge is -2.13. The van der Waals surface area contributed by atoms with Crippen LogP contribution in [-0.2, 0) is 4.79 Å². The van der Waals surface area contributed by atoms with Crippen LogP contribution >= 0.6 is 0 Å². The predicted octanol–water partition coefficient (Wildman–Crippen LogP) is 1.16. The van der Waals surface area contributed by atoms with E-state index in [1.807, 2.05) is 6.92 Å². The smallest absolute Gasteiger partial charge is 0.326 e. The van der Waals surface area contributed by atoms with Crippen molar-refractivity contribution in [1.29, 1.82) is 0 Å². The first-order valence-electron chi connectivity index (χ1n) is 5.74. The van der Waals surface area contributed by atoms with E-state index >= 15 is 0 Å². The number of unbranched alkanes of at least 4 members (excludes halogenated alkanes) is 1.